The Morgan fingerprint density at radius 3 is 1.37 bits per heavy atom. The van der Waals surface area contributed by atoms with Crippen LogP contribution in [0.1, 0.15) is 67.2 Å². The third-order valence-electron chi connectivity index (χ3n) is 6.43. The van der Waals surface area contributed by atoms with Crippen LogP contribution >= 0.6 is 0 Å². The van der Waals surface area contributed by atoms with Crippen LogP contribution in [-0.4, -0.2) is 22.2 Å². The second kappa shape index (κ2) is 8.32. The van der Waals surface area contributed by atoms with Crippen molar-refractivity contribution < 1.29 is 29.3 Å². The summed E-state index contributed by atoms with van der Waals surface area (Å²) in [5.41, 5.74) is 3.74. The molecule has 0 aromatic carbocycles. The van der Waals surface area contributed by atoms with Crippen LogP contribution in [0, 0.1) is 23.7 Å². The molecule has 30 heavy (non-hydrogen) atoms. The third-order valence-corrected chi connectivity index (χ3v) is 6.43. The predicted octanol–water partition coefficient (Wildman–Crippen LogP) is 5.39. The van der Waals surface area contributed by atoms with E-state index in [1.165, 1.54) is 0 Å². The Balaban J connectivity index is 0.000000171. The SMILES string of the molecule is CC(C)C1=C2OC(=O)C(O)=C2[C@H](C)CC1.CC(C)C1=C2OC(=O)C(O)=C2[C@H](C)CC1. The minimum Gasteiger partial charge on any atom is -0.502 e. The van der Waals surface area contributed by atoms with Crippen LogP contribution in [-0.2, 0) is 19.1 Å². The average Bonchev–Trinajstić information content (AvgIpc) is 3.13. The lowest BCUT2D eigenvalue weighted by atomic mass is 9.81. The van der Waals surface area contributed by atoms with Crippen molar-refractivity contribution in [2.45, 2.75) is 67.2 Å². The zero-order valence-electron chi connectivity index (χ0n) is 18.7. The Morgan fingerprint density at radius 1 is 0.733 bits per heavy atom. The number of hydrogen-bond donors (Lipinski definition) is 2. The van der Waals surface area contributed by atoms with Gasteiger partial charge in [0.1, 0.15) is 11.5 Å². The molecule has 0 unspecified atom stereocenters. The van der Waals surface area contributed by atoms with Gasteiger partial charge in [-0.05, 0) is 60.5 Å². The summed E-state index contributed by atoms with van der Waals surface area (Å²) < 4.78 is 10.3. The molecule has 0 radical (unpaired) electrons. The fourth-order valence-corrected chi connectivity index (χ4v) is 4.58. The Labute approximate surface area is 177 Å². The highest BCUT2D eigenvalue weighted by molar-refractivity contribution is 5.93. The van der Waals surface area contributed by atoms with Gasteiger partial charge in [0.05, 0.1) is 0 Å². The van der Waals surface area contributed by atoms with E-state index in [1.54, 1.807) is 0 Å². The molecule has 0 saturated carbocycles. The van der Waals surface area contributed by atoms with Crippen molar-refractivity contribution in [3.8, 4) is 0 Å². The summed E-state index contributed by atoms with van der Waals surface area (Å²) in [6, 6.07) is 0. The van der Waals surface area contributed by atoms with Gasteiger partial charge in [-0.2, -0.15) is 0 Å². The smallest absolute Gasteiger partial charge is 0.379 e. The van der Waals surface area contributed by atoms with E-state index in [2.05, 4.69) is 27.7 Å². The van der Waals surface area contributed by atoms with Crippen molar-refractivity contribution >= 4 is 11.9 Å². The van der Waals surface area contributed by atoms with Crippen LogP contribution in [0.15, 0.2) is 45.3 Å². The van der Waals surface area contributed by atoms with Crippen molar-refractivity contribution in [2.24, 2.45) is 23.7 Å². The van der Waals surface area contributed by atoms with Crippen LogP contribution in [0.4, 0.5) is 0 Å². The first-order valence-electron chi connectivity index (χ1n) is 10.8. The van der Waals surface area contributed by atoms with Gasteiger partial charge in [-0.3, -0.25) is 0 Å². The van der Waals surface area contributed by atoms with Gasteiger partial charge in [-0.25, -0.2) is 9.59 Å². The molecule has 6 heteroatoms. The summed E-state index contributed by atoms with van der Waals surface area (Å²) in [6.45, 7) is 12.4. The summed E-state index contributed by atoms with van der Waals surface area (Å²) in [6.07, 6.45) is 3.87. The van der Waals surface area contributed by atoms with E-state index in [0.717, 1.165) is 48.0 Å². The first-order valence-corrected chi connectivity index (χ1v) is 10.8. The molecule has 4 aliphatic rings. The highest BCUT2D eigenvalue weighted by Crippen LogP contribution is 2.43. The Bertz CT molecular complexity index is 823. The molecule has 0 amide bonds. The van der Waals surface area contributed by atoms with Crippen molar-refractivity contribution in [3.63, 3.8) is 0 Å². The molecule has 2 heterocycles. The van der Waals surface area contributed by atoms with Crippen molar-refractivity contribution in [3.05, 3.63) is 45.3 Å². The molecule has 0 saturated heterocycles. The Morgan fingerprint density at radius 2 is 1.07 bits per heavy atom. The lowest BCUT2D eigenvalue weighted by molar-refractivity contribution is -0.136. The average molecular weight is 417 g/mol. The van der Waals surface area contributed by atoms with Gasteiger partial charge in [-0.1, -0.05) is 41.5 Å². The monoisotopic (exact) mass is 416 g/mol. The summed E-state index contributed by atoms with van der Waals surface area (Å²) in [4.78, 5) is 22.6. The highest BCUT2D eigenvalue weighted by atomic mass is 16.6. The summed E-state index contributed by atoms with van der Waals surface area (Å²) in [5, 5.41) is 19.3. The van der Waals surface area contributed by atoms with Gasteiger partial charge in [-0.15, -0.1) is 0 Å². The molecule has 0 aromatic heterocycles. The number of carbonyl (C=O) groups excluding carboxylic acids is 2. The van der Waals surface area contributed by atoms with Crippen molar-refractivity contribution in [2.75, 3.05) is 0 Å². The Kier molecular flexibility index (Phi) is 6.16. The number of rotatable bonds is 2. The first-order chi connectivity index (χ1) is 14.0. The van der Waals surface area contributed by atoms with Crippen LogP contribution in [0.5, 0.6) is 0 Å². The minimum absolute atomic E-state index is 0.185. The number of fused-ring (bicyclic) bond motifs is 2. The molecule has 6 nitrogen and oxygen atoms in total. The molecule has 2 aliphatic carbocycles. The largest absolute Gasteiger partial charge is 0.502 e. The quantitative estimate of drug-likeness (QED) is 0.586. The number of hydrogen-bond acceptors (Lipinski definition) is 6. The fourth-order valence-electron chi connectivity index (χ4n) is 4.58. The zero-order valence-corrected chi connectivity index (χ0v) is 18.7. The van der Waals surface area contributed by atoms with E-state index in [0.29, 0.717) is 23.4 Å². The molecule has 0 fully saturated rings. The lowest BCUT2D eigenvalue weighted by Gasteiger charge is -2.24. The normalized spacial score (nSPS) is 26.1. The maximum atomic E-state index is 11.3. The van der Waals surface area contributed by atoms with Gasteiger partial charge in [0.2, 0.25) is 11.5 Å². The number of carbonyl (C=O) groups is 2. The van der Waals surface area contributed by atoms with Gasteiger partial charge in [0, 0.05) is 11.1 Å². The molecule has 0 aromatic rings. The molecule has 0 bridgehead atoms. The standard InChI is InChI=1S/2C12H16O3/c2*1-6(2)8-5-4-7(3)9-10(13)12(14)15-11(8)9/h2*6-7,13H,4-5H2,1-3H3/t2*7-/m11/s1. The van der Waals surface area contributed by atoms with E-state index in [4.69, 9.17) is 9.47 Å². The summed E-state index contributed by atoms with van der Waals surface area (Å²) >= 11 is 0. The van der Waals surface area contributed by atoms with Gasteiger partial charge in [0.25, 0.3) is 0 Å². The summed E-state index contributed by atoms with van der Waals surface area (Å²) in [7, 11) is 0. The maximum Gasteiger partial charge on any atom is 0.379 e. The van der Waals surface area contributed by atoms with E-state index < -0.39 is 11.9 Å². The number of aliphatic hydroxyl groups is 2. The number of aliphatic hydroxyl groups excluding tert-OH is 2. The molecule has 2 atom stereocenters. The molecule has 2 aliphatic heterocycles. The van der Waals surface area contributed by atoms with Crippen LogP contribution < -0.4 is 0 Å². The van der Waals surface area contributed by atoms with E-state index in [-0.39, 0.29) is 23.4 Å². The first kappa shape index (κ1) is 22.2. The second-order valence-corrected chi connectivity index (χ2v) is 9.20. The lowest BCUT2D eigenvalue weighted by Crippen LogP contribution is -2.13. The number of allylic oxidation sites excluding steroid dienone is 4. The van der Waals surface area contributed by atoms with E-state index >= 15 is 0 Å². The topological polar surface area (TPSA) is 93.1 Å². The number of ether oxygens (including phenoxy) is 2. The van der Waals surface area contributed by atoms with Crippen LogP contribution in [0.3, 0.4) is 0 Å². The van der Waals surface area contributed by atoms with Gasteiger partial charge < -0.3 is 19.7 Å². The number of esters is 2. The van der Waals surface area contributed by atoms with Crippen molar-refractivity contribution in [1.29, 1.82) is 0 Å². The van der Waals surface area contributed by atoms with Crippen LogP contribution in [0.2, 0.25) is 0 Å². The van der Waals surface area contributed by atoms with Gasteiger partial charge in [0.15, 0.2) is 0 Å². The van der Waals surface area contributed by atoms with E-state index in [9.17, 15) is 19.8 Å². The Hall–Kier alpha value is -2.50. The highest BCUT2D eigenvalue weighted by Gasteiger charge is 2.39. The van der Waals surface area contributed by atoms with Crippen molar-refractivity contribution in [1.82, 2.24) is 0 Å². The van der Waals surface area contributed by atoms with Gasteiger partial charge >= 0.3 is 11.9 Å². The maximum absolute atomic E-state index is 11.3. The molecular weight excluding hydrogens is 384 g/mol. The second-order valence-electron chi connectivity index (χ2n) is 9.20. The molecule has 164 valence electrons. The molecular formula is C24H32O6. The van der Waals surface area contributed by atoms with E-state index in [1.807, 2.05) is 13.8 Å². The molecule has 4 rings (SSSR count). The minimum atomic E-state index is -0.591. The summed E-state index contributed by atoms with van der Waals surface area (Å²) in [5.74, 6) is 0.896. The fraction of sp³-hybridized carbons (Fsp3) is 0.583. The zero-order chi connectivity index (χ0) is 22.3. The molecule has 0 spiro atoms. The van der Waals surface area contributed by atoms with Crippen LogP contribution in [0.25, 0.3) is 0 Å². The third kappa shape index (κ3) is 3.80. The molecule has 2 N–H and O–H groups in total. The predicted molar refractivity (Wildman–Crippen MR) is 112 cm³/mol.